The van der Waals surface area contributed by atoms with Crippen LogP contribution in [0.4, 0.5) is 10.5 Å². The van der Waals surface area contributed by atoms with E-state index in [4.69, 9.17) is 4.42 Å². The summed E-state index contributed by atoms with van der Waals surface area (Å²) in [6.07, 6.45) is 3.27. The number of hydrogen-bond donors (Lipinski definition) is 2. The first-order valence-corrected chi connectivity index (χ1v) is 8.75. The molecule has 0 aliphatic rings. The number of nitrogens with one attached hydrogen (secondary N) is 2. The molecule has 0 spiro atoms. The summed E-state index contributed by atoms with van der Waals surface area (Å²) >= 11 is 0. The van der Waals surface area contributed by atoms with Crippen LogP contribution in [0.3, 0.4) is 0 Å². The number of benzene rings is 1. The van der Waals surface area contributed by atoms with Crippen molar-refractivity contribution in [3.8, 4) is 0 Å². The summed E-state index contributed by atoms with van der Waals surface area (Å²) in [5.74, 6) is 1.22. The van der Waals surface area contributed by atoms with Gasteiger partial charge in [-0.3, -0.25) is 4.21 Å². The second-order valence-corrected chi connectivity index (χ2v) is 7.54. The molecule has 0 aliphatic carbocycles. The Balaban J connectivity index is 1.91. The highest BCUT2D eigenvalue weighted by molar-refractivity contribution is 7.84. The second-order valence-electron chi connectivity index (χ2n) is 6.16. The standard InChI is InChI=1S/C16H21N3O3S/c1-16(2,3)13-9-17-14(22-13)10-18-15(20)19-11-6-5-7-12(8-11)23(4)21/h5-9H,10H2,1-4H3,(H2,18,19,20). The number of carbonyl (C=O) groups is 1. The predicted molar refractivity (Wildman–Crippen MR) is 89.8 cm³/mol. The summed E-state index contributed by atoms with van der Waals surface area (Å²) in [6.45, 7) is 6.29. The molecular weight excluding hydrogens is 314 g/mol. The number of oxazole rings is 1. The van der Waals surface area contributed by atoms with E-state index in [9.17, 15) is 9.00 Å². The van der Waals surface area contributed by atoms with Gasteiger partial charge in [-0.05, 0) is 18.2 Å². The fourth-order valence-electron chi connectivity index (χ4n) is 1.82. The summed E-state index contributed by atoms with van der Waals surface area (Å²) < 4.78 is 17.0. The zero-order valence-electron chi connectivity index (χ0n) is 13.7. The SMILES string of the molecule is CS(=O)c1cccc(NC(=O)NCc2ncc(C(C)(C)C)o2)c1. The molecule has 1 unspecified atom stereocenters. The summed E-state index contributed by atoms with van der Waals surface area (Å²) in [4.78, 5) is 16.7. The number of aromatic nitrogens is 1. The number of urea groups is 1. The topological polar surface area (TPSA) is 84.2 Å². The van der Waals surface area contributed by atoms with Crippen LogP contribution in [0.1, 0.15) is 32.4 Å². The molecule has 1 atom stereocenters. The van der Waals surface area contributed by atoms with Crippen LogP contribution in [-0.4, -0.2) is 21.5 Å². The molecule has 0 bridgehead atoms. The Kier molecular flexibility index (Phi) is 5.20. The smallest absolute Gasteiger partial charge is 0.319 e. The van der Waals surface area contributed by atoms with Crippen LogP contribution >= 0.6 is 0 Å². The first-order chi connectivity index (χ1) is 10.8. The third-order valence-corrected chi connectivity index (χ3v) is 4.03. The number of amides is 2. The number of nitrogens with zero attached hydrogens (tertiary/aromatic N) is 1. The van der Waals surface area contributed by atoms with Gasteiger partial charge in [-0.1, -0.05) is 26.8 Å². The molecule has 1 heterocycles. The highest BCUT2D eigenvalue weighted by Crippen LogP contribution is 2.22. The molecule has 0 radical (unpaired) electrons. The van der Waals surface area contributed by atoms with E-state index >= 15 is 0 Å². The normalized spacial score (nSPS) is 12.7. The van der Waals surface area contributed by atoms with Crippen LogP contribution in [0.2, 0.25) is 0 Å². The minimum absolute atomic E-state index is 0.121. The van der Waals surface area contributed by atoms with Gasteiger partial charge in [0.15, 0.2) is 0 Å². The summed E-state index contributed by atoms with van der Waals surface area (Å²) in [5.41, 5.74) is 0.460. The summed E-state index contributed by atoms with van der Waals surface area (Å²) in [5, 5.41) is 5.37. The van der Waals surface area contributed by atoms with Gasteiger partial charge in [-0.2, -0.15) is 0 Å². The molecule has 1 aromatic carbocycles. The van der Waals surface area contributed by atoms with Gasteiger partial charge < -0.3 is 15.1 Å². The third-order valence-electron chi connectivity index (χ3n) is 3.12. The third kappa shape index (κ3) is 4.92. The highest BCUT2D eigenvalue weighted by Gasteiger charge is 2.19. The molecule has 0 aliphatic heterocycles. The van der Waals surface area contributed by atoms with Crippen molar-refractivity contribution >= 4 is 22.5 Å². The van der Waals surface area contributed by atoms with E-state index in [2.05, 4.69) is 15.6 Å². The van der Waals surface area contributed by atoms with Gasteiger partial charge in [-0.25, -0.2) is 9.78 Å². The van der Waals surface area contributed by atoms with Crippen molar-refractivity contribution in [3.05, 3.63) is 42.1 Å². The monoisotopic (exact) mass is 335 g/mol. The van der Waals surface area contributed by atoms with Crippen molar-refractivity contribution in [2.24, 2.45) is 0 Å². The van der Waals surface area contributed by atoms with Crippen LogP contribution in [-0.2, 0) is 22.8 Å². The maximum Gasteiger partial charge on any atom is 0.319 e. The van der Waals surface area contributed by atoms with Gasteiger partial charge in [0.1, 0.15) is 5.76 Å². The van der Waals surface area contributed by atoms with Crippen LogP contribution < -0.4 is 10.6 Å². The lowest BCUT2D eigenvalue weighted by Gasteiger charge is -2.13. The molecule has 0 saturated heterocycles. The number of hydrogen-bond acceptors (Lipinski definition) is 4. The van der Waals surface area contributed by atoms with Crippen molar-refractivity contribution < 1.29 is 13.4 Å². The Morgan fingerprint density at radius 2 is 2.09 bits per heavy atom. The van der Waals surface area contributed by atoms with Crippen molar-refractivity contribution in [3.63, 3.8) is 0 Å². The first kappa shape index (κ1) is 17.2. The van der Waals surface area contributed by atoms with Gasteiger partial charge in [0.2, 0.25) is 5.89 Å². The molecule has 2 N–H and O–H groups in total. The average Bonchev–Trinajstić information content (AvgIpc) is 2.94. The fourth-order valence-corrected chi connectivity index (χ4v) is 2.39. The van der Waals surface area contributed by atoms with Gasteiger partial charge in [0.05, 0.1) is 12.7 Å². The van der Waals surface area contributed by atoms with E-state index in [1.807, 2.05) is 20.8 Å². The Bertz CT molecular complexity index is 719. The molecular formula is C16H21N3O3S. The lowest BCUT2D eigenvalue weighted by Crippen LogP contribution is -2.28. The molecule has 124 valence electrons. The molecule has 0 saturated carbocycles. The Labute approximate surface area is 138 Å². The predicted octanol–water partition coefficient (Wildman–Crippen LogP) is 3.03. The summed E-state index contributed by atoms with van der Waals surface area (Å²) in [7, 11) is -1.09. The van der Waals surface area contributed by atoms with Crippen molar-refractivity contribution in [1.29, 1.82) is 0 Å². The Hall–Kier alpha value is -2.15. The lowest BCUT2D eigenvalue weighted by atomic mass is 9.94. The molecule has 2 aromatic rings. The van der Waals surface area contributed by atoms with Crippen molar-refractivity contribution in [1.82, 2.24) is 10.3 Å². The van der Waals surface area contributed by atoms with Gasteiger partial charge in [0.25, 0.3) is 0 Å². The zero-order valence-corrected chi connectivity index (χ0v) is 14.5. The molecule has 2 rings (SSSR count). The minimum atomic E-state index is -1.09. The fraction of sp³-hybridized carbons (Fsp3) is 0.375. The second kappa shape index (κ2) is 6.95. The first-order valence-electron chi connectivity index (χ1n) is 7.19. The van der Waals surface area contributed by atoms with E-state index < -0.39 is 10.8 Å². The number of rotatable bonds is 4. The van der Waals surface area contributed by atoms with E-state index in [1.165, 1.54) is 0 Å². The minimum Gasteiger partial charge on any atom is -0.443 e. The molecule has 0 fully saturated rings. The Morgan fingerprint density at radius 3 is 2.70 bits per heavy atom. The van der Waals surface area contributed by atoms with Gasteiger partial charge in [0, 0.05) is 33.1 Å². The lowest BCUT2D eigenvalue weighted by molar-refractivity contribution is 0.250. The van der Waals surface area contributed by atoms with E-state index in [0.717, 1.165) is 5.76 Å². The molecule has 23 heavy (non-hydrogen) atoms. The van der Waals surface area contributed by atoms with E-state index in [1.54, 1.807) is 36.7 Å². The average molecular weight is 335 g/mol. The van der Waals surface area contributed by atoms with E-state index in [0.29, 0.717) is 16.5 Å². The quantitative estimate of drug-likeness (QED) is 0.899. The maximum absolute atomic E-state index is 11.9. The number of anilines is 1. The summed E-state index contributed by atoms with van der Waals surface area (Å²) in [6, 6.07) is 6.53. The van der Waals surface area contributed by atoms with Crippen LogP contribution in [0.15, 0.2) is 39.8 Å². The van der Waals surface area contributed by atoms with Crippen molar-refractivity contribution in [2.75, 3.05) is 11.6 Å². The zero-order chi connectivity index (χ0) is 17.0. The number of carbonyl (C=O) groups excluding carboxylic acids is 1. The van der Waals surface area contributed by atoms with Gasteiger partial charge in [-0.15, -0.1) is 0 Å². The maximum atomic E-state index is 11.9. The van der Waals surface area contributed by atoms with E-state index in [-0.39, 0.29) is 18.0 Å². The van der Waals surface area contributed by atoms with Crippen LogP contribution in [0, 0.1) is 0 Å². The highest BCUT2D eigenvalue weighted by atomic mass is 32.2. The van der Waals surface area contributed by atoms with Gasteiger partial charge >= 0.3 is 6.03 Å². The molecule has 2 amide bonds. The largest absolute Gasteiger partial charge is 0.443 e. The van der Waals surface area contributed by atoms with Crippen molar-refractivity contribution in [2.45, 2.75) is 37.6 Å². The molecule has 6 nitrogen and oxygen atoms in total. The molecule has 7 heteroatoms. The molecule has 1 aromatic heterocycles. The Morgan fingerprint density at radius 1 is 1.35 bits per heavy atom. The van der Waals surface area contributed by atoms with Crippen LogP contribution in [0.5, 0.6) is 0 Å². The van der Waals surface area contributed by atoms with Crippen LogP contribution in [0.25, 0.3) is 0 Å².